The highest BCUT2D eigenvalue weighted by molar-refractivity contribution is 5.32. The Kier molecular flexibility index (Phi) is 4.40. The highest BCUT2D eigenvalue weighted by Crippen LogP contribution is 2.45. The fourth-order valence-electron chi connectivity index (χ4n) is 4.79. The van der Waals surface area contributed by atoms with Crippen LogP contribution in [0.1, 0.15) is 75.8 Å². The lowest BCUT2D eigenvalue weighted by molar-refractivity contribution is -0.00380. The summed E-state index contributed by atoms with van der Waals surface area (Å²) >= 11 is 0. The maximum Gasteiger partial charge on any atom is 0.0579 e. The van der Waals surface area contributed by atoms with Gasteiger partial charge in [-0.25, -0.2) is 0 Å². The van der Waals surface area contributed by atoms with Crippen LogP contribution in [0.5, 0.6) is 0 Å². The van der Waals surface area contributed by atoms with Crippen LogP contribution in [0.15, 0.2) is 24.3 Å². The van der Waals surface area contributed by atoms with Crippen molar-refractivity contribution in [2.45, 2.75) is 77.2 Å². The molecule has 1 aromatic carbocycles. The van der Waals surface area contributed by atoms with Gasteiger partial charge in [0, 0.05) is 0 Å². The van der Waals surface area contributed by atoms with E-state index in [1.807, 2.05) is 0 Å². The van der Waals surface area contributed by atoms with E-state index in [0.717, 1.165) is 6.42 Å². The summed E-state index contributed by atoms with van der Waals surface area (Å²) in [6.07, 6.45) is 9.70. The lowest BCUT2D eigenvalue weighted by Crippen LogP contribution is -2.37. The van der Waals surface area contributed by atoms with Crippen molar-refractivity contribution in [3.05, 3.63) is 35.4 Å². The molecule has 3 unspecified atom stereocenters. The molecule has 1 fully saturated rings. The van der Waals surface area contributed by atoms with Crippen molar-refractivity contribution in [1.29, 1.82) is 0 Å². The number of hydrogen-bond donors (Lipinski definition) is 1. The summed E-state index contributed by atoms with van der Waals surface area (Å²) < 4.78 is 0. The summed E-state index contributed by atoms with van der Waals surface area (Å²) in [5.41, 5.74) is 3.34. The Bertz CT molecular complexity index is 476. The van der Waals surface area contributed by atoms with Crippen molar-refractivity contribution in [3.8, 4) is 0 Å². The molecule has 0 saturated heterocycles. The molecule has 2 aliphatic rings. The molecule has 0 bridgehead atoms. The summed E-state index contributed by atoms with van der Waals surface area (Å²) in [5, 5.41) is 10.9. The fraction of sp³-hybridized carbons (Fsp3) is 0.700. The SMILES string of the molecule is CC1(C)CCCCC1C(O)CC1CCCc2ccccc21. The van der Waals surface area contributed by atoms with Crippen LogP contribution in [0.2, 0.25) is 0 Å². The van der Waals surface area contributed by atoms with Gasteiger partial charge >= 0.3 is 0 Å². The summed E-state index contributed by atoms with van der Waals surface area (Å²) in [6.45, 7) is 4.71. The van der Waals surface area contributed by atoms with Gasteiger partial charge in [-0.3, -0.25) is 0 Å². The van der Waals surface area contributed by atoms with Gasteiger partial charge in [0.25, 0.3) is 0 Å². The van der Waals surface area contributed by atoms with Crippen LogP contribution in [0.4, 0.5) is 0 Å². The standard InChI is InChI=1S/C20H30O/c1-20(2)13-6-5-12-18(20)19(21)14-16-10-7-9-15-8-3-4-11-17(15)16/h3-4,8,11,16,18-19,21H,5-7,9-10,12-14H2,1-2H3. The second-order valence-electron chi connectivity index (χ2n) is 7.93. The Hall–Kier alpha value is -0.820. The summed E-state index contributed by atoms with van der Waals surface area (Å²) in [7, 11) is 0. The van der Waals surface area contributed by atoms with E-state index in [0.29, 0.717) is 17.3 Å². The van der Waals surface area contributed by atoms with Crippen LogP contribution in [-0.4, -0.2) is 11.2 Å². The molecular formula is C20H30O. The van der Waals surface area contributed by atoms with E-state index in [4.69, 9.17) is 0 Å². The molecule has 0 radical (unpaired) electrons. The molecule has 1 N–H and O–H groups in total. The van der Waals surface area contributed by atoms with Crippen molar-refractivity contribution >= 4 is 0 Å². The predicted molar refractivity (Wildman–Crippen MR) is 88.5 cm³/mol. The monoisotopic (exact) mass is 286 g/mol. The van der Waals surface area contributed by atoms with Gasteiger partial charge in [-0.15, -0.1) is 0 Å². The first kappa shape index (κ1) is 15.1. The third-order valence-electron chi connectivity index (χ3n) is 6.07. The summed E-state index contributed by atoms with van der Waals surface area (Å²) in [5.74, 6) is 1.06. The van der Waals surface area contributed by atoms with Gasteiger partial charge in [0.15, 0.2) is 0 Å². The van der Waals surface area contributed by atoms with E-state index in [2.05, 4.69) is 38.1 Å². The van der Waals surface area contributed by atoms with Gasteiger partial charge in [-0.05, 0) is 66.9 Å². The number of aliphatic hydroxyl groups is 1. The molecular weight excluding hydrogens is 256 g/mol. The molecule has 0 aromatic heterocycles. The maximum atomic E-state index is 10.9. The van der Waals surface area contributed by atoms with E-state index in [9.17, 15) is 5.11 Å². The topological polar surface area (TPSA) is 20.2 Å². The average molecular weight is 286 g/mol. The van der Waals surface area contributed by atoms with Crippen molar-refractivity contribution in [3.63, 3.8) is 0 Å². The summed E-state index contributed by atoms with van der Waals surface area (Å²) in [4.78, 5) is 0. The number of rotatable bonds is 3. The van der Waals surface area contributed by atoms with Crippen molar-refractivity contribution in [2.24, 2.45) is 11.3 Å². The Morgan fingerprint density at radius 1 is 1.14 bits per heavy atom. The molecule has 0 amide bonds. The second kappa shape index (κ2) is 6.12. The first-order valence-electron chi connectivity index (χ1n) is 8.84. The van der Waals surface area contributed by atoms with Gasteiger partial charge in [0.05, 0.1) is 6.10 Å². The minimum Gasteiger partial charge on any atom is -0.393 e. The van der Waals surface area contributed by atoms with Crippen LogP contribution in [0.3, 0.4) is 0 Å². The van der Waals surface area contributed by atoms with E-state index in [-0.39, 0.29) is 6.10 Å². The molecule has 1 aromatic rings. The van der Waals surface area contributed by atoms with Crippen molar-refractivity contribution in [1.82, 2.24) is 0 Å². The molecule has 1 nitrogen and oxygen atoms in total. The van der Waals surface area contributed by atoms with Gasteiger partial charge < -0.3 is 5.11 Å². The predicted octanol–water partition coefficient (Wildman–Crippen LogP) is 5.07. The van der Waals surface area contributed by atoms with Crippen LogP contribution in [-0.2, 0) is 6.42 Å². The third-order valence-corrected chi connectivity index (χ3v) is 6.07. The smallest absolute Gasteiger partial charge is 0.0579 e. The molecule has 0 spiro atoms. The zero-order valence-corrected chi connectivity index (χ0v) is 13.6. The molecule has 3 atom stereocenters. The van der Waals surface area contributed by atoms with Crippen LogP contribution in [0.25, 0.3) is 0 Å². The summed E-state index contributed by atoms with van der Waals surface area (Å²) in [6, 6.07) is 8.88. The normalized spacial score (nSPS) is 29.7. The van der Waals surface area contributed by atoms with E-state index >= 15 is 0 Å². The minimum absolute atomic E-state index is 0.128. The molecule has 116 valence electrons. The largest absolute Gasteiger partial charge is 0.393 e. The molecule has 3 rings (SSSR count). The number of benzene rings is 1. The van der Waals surface area contributed by atoms with Crippen LogP contribution < -0.4 is 0 Å². The van der Waals surface area contributed by atoms with E-state index in [1.54, 1.807) is 0 Å². The minimum atomic E-state index is -0.128. The second-order valence-corrected chi connectivity index (χ2v) is 7.93. The molecule has 0 aliphatic heterocycles. The Morgan fingerprint density at radius 3 is 2.76 bits per heavy atom. The molecule has 1 saturated carbocycles. The van der Waals surface area contributed by atoms with E-state index < -0.39 is 0 Å². The lowest BCUT2D eigenvalue weighted by atomic mass is 9.65. The lowest BCUT2D eigenvalue weighted by Gasteiger charge is -2.42. The van der Waals surface area contributed by atoms with Gasteiger partial charge in [0.2, 0.25) is 0 Å². The number of aryl methyl sites for hydroxylation is 1. The fourth-order valence-corrected chi connectivity index (χ4v) is 4.79. The molecule has 2 aliphatic carbocycles. The zero-order chi connectivity index (χ0) is 14.9. The van der Waals surface area contributed by atoms with E-state index in [1.165, 1.54) is 56.1 Å². The van der Waals surface area contributed by atoms with Crippen molar-refractivity contribution < 1.29 is 5.11 Å². The molecule has 1 heteroatoms. The number of hydrogen-bond acceptors (Lipinski definition) is 1. The van der Waals surface area contributed by atoms with Gasteiger partial charge in [0.1, 0.15) is 0 Å². The quantitative estimate of drug-likeness (QED) is 0.822. The van der Waals surface area contributed by atoms with Crippen LogP contribution in [0, 0.1) is 11.3 Å². The number of aliphatic hydroxyl groups excluding tert-OH is 1. The first-order valence-corrected chi connectivity index (χ1v) is 8.84. The van der Waals surface area contributed by atoms with Gasteiger partial charge in [-0.1, -0.05) is 51.0 Å². The Morgan fingerprint density at radius 2 is 1.95 bits per heavy atom. The zero-order valence-electron chi connectivity index (χ0n) is 13.6. The third kappa shape index (κ3) is 3.18. The first-order chi connectivity index (χ1) is 10.1. The molecule has 21 heavy (non-hydrogen) atoms. The van der Waals surface area contributed by atoms with Crippen molar-refractivity contribution in [2.75, 3.05) is 0 Å². The number of fused-ring (bicyclic) bond motifs is 1. The Balaban J connectivity index is 1.72. The van der Waals surface area contributed by atoms with Crippen LogP contribution >= 0.6 is 0 Å². The Labute approximate surface area is 129 Å². The highest BCUT2D eigenvalue weighted by atomic mass is 16.3. The highest BCUT2D eigenvalue weighted by Gasteiger charge is 2.38. The average Bonchev–Trinajstić information content (AvgIpc) is 2.47. The van der Waals surface area contributed by atoms with Gasteiger partial charge in [-0.2, -0.15) is 0 Å². The maximum absolute atomic E-state index is 10.9. The molecule has 0 heterocycles.